The Morgan fingerprint density at radius 2 is 1.69 bits per heavy atom. The highest BCUT2D eigenvalue weighted by atomic mass is 14.6. The molecule has 0 radical (unpaired) electrons. The first-order valence-corrected chi connectivity index (χ1v) is 4.96. The molecule has 0 amide bonds. The monoisotopic (exact) mass is 175 g/mol. The number of hydrogen-bond acceptors (Lipinski definition) is 1. The fraction of sp³-hybridized carbons (Fsp3) is 0.500. The van der Waals surface area contributed by atoms with Gasteiger partial charge >= 0.3 is 0 Å². The highest BCUT2D eigenvalue weighted by molar-refractivity contribution is 5.55. The van der Waals surface area contributed by atoms with Gasteiger partial charge in [-0.3, -0.25) is 0 Å². The van der Waals surface area contributed by atoms with Gasteiger partial charge in [-0.2, -0.15) is 0 Å². The largest absolute Gasteiger partial charge is 0.398 e. The summed E-state index contributed by atoms with van der Waals surface area (Å²) in [6.07, 6.45) is 1.35. The minimum absolute atomic E-state index is 0.804. The summed E-state index contributed by atoms with van der Waals surface area (Å²) in [6, 6.07) is 4.49. The first-order chi connectivity index (χ1) is 6.09. The average molecular weight is 175 g/mol. The van der Waals surface area contributed by atoms with Crippen molar-refractivity contribution in [1.82, 2.24) is 0 Å². The standard InChI is InChI=1S/C12H17N/c1-7-6-11(7)10-4-8(2)12(13)9(3)5-10/h4-5,7,11H,6,13H2,1-3H3/t7-,11-/m0/s1. The molecule has 1 fully saturated rings. The zero-order valence-electron chi connectivity index (χ0n) is 8.59. The maximum absolute atomic E-state index is 5.91. The van der Waals surface area contributed by atoms with E-state index in [1.807, 2.05) is 0 Å². The van der Waals surface area contributed by atoms with Crippen molar-refractivity contribution in [2.75, 3.05) is 5.73 Å². The van der Waals surface area contributed by atoms with Crippen LogP contribution in [0.2, 0.25) is 0 Å². The van der Waals surface area contributed by atoms with Crippen LogP contribution in [-0.2, 0) is 0 Å². The first kappa shape index (κ1) is 8.61. The number of benzene rings is 1. The molecule has 0 aromatic heterocycles. The average Bonchev–Trinajstić information content (AvgIpc) is 2.77. The van der Waals surface area contributed by atoms with Crippen molar-refractivity contribution >= 4 is 5.69 Å². The second kappa shape index (κ2) is 2.76. The minimum atomic E-state index is 0.804. The lowest BCUT2D eigenvalue weighted by molar-refractivity contribution is 0.912. The van der Waals surface area contributed by atoms with Crippen LogP contribution < -0.4 is 5.73 Å². The van der Waals surface area contributed by atoms with Gasteiger partial charge in [-0.05, 0) is 48.8 Å². The summed E-state index contributed by atoms with van der Waals surface area (Å²) in [5, 5.41) is 0. The highest BCUT2D eigenvalue weighted by Gasteiger charge is 2.34. The zero-order valence-corrected chi connectivity index (χ0v) is 8.59. The van der Waals surface area contributed by atoms with E-state index >= 15 is 0 Å². The van der Waals surface area contributed by atoms with Crippen molar-refractivity contribution in [2.45, 2.75) is 33.1 Å². The number of aryl methyl sites for hydroxylation is 2. The molecule has 2 N–H and O–H groups in total. The van der Waals surface area contributed by atoms with Crippen molar-refractivity contribution in [3.63, 3.8) is 0 Å². The van der Waals surface area contributed by atoms with E-state index in [0.717, 1.165) is 17.5 Å². The predicted molar refractivity (Wildman–Crippen MR) is 56.9 cm³/mol. The fourth-order valence-electron chi connectivity index (χ4n) is 2.01. The third-order valence-electron chi connectivity index (χ3n) is 3.15. The van der Waals surface area contributed by atoms with E-state index in [1.54, 1.807) is 0 Å². The third kappa shape index (κ3) is 1.43. The van der Waals surface area contributed by atoms with Gasteiger partial charge < -0.3 is 5.73 Å². The Morgan fingerprint density at radius 3 is 2.08 bits per heavy atom. The summed E-state index contributed by atoms with van der Waals surface area (Å²) in [7, 11) is 0. The molecule has 1 aliphatic carbocycles. The van der Waals surface area contributed by atoms with Gasteiger partial charge in [0.25, 0.3) is 0 Å². The van der Waals surface area contributed by atoms with Crippen molar-refractivity contribution in [3.05, 3.63) is 28.8 Å². The van der Waals surface area contributed by atoms with Crippen LogP contribution in [0.15, 0.2) is 12.1 Å². The Balaban J connectivity index is 2.39. The van der Waals surface area contributed by atoms with Gasteiger partial charge in [-0.1, -0.05) is 19.1 Å². The second-order valence-electron chi connectivity index (χ2n) is 4.39. The van der Waals surface area contributed by atoms with Crippen LogP contribution in [0, 0.1) is 19.8 Å². The molecule has 2 rings (SSSR count). The maximum atomic E-state index is 5.91. The van der Waals surface area contributed by atoms with Crippen LogP contribution in [0.25, 0.3) is 0 Å². The molecule has 1 aromatic carbocycles. The SMILES string of the molecule is Cc1cc([C@H]2C[C@@H]2C)cc(C)c1N. The van der Waals surface area contributed by atoms with Crippen LogP contribution in [0.1, 0.15) is 36.0 Å². The molecular weight excluding hydrogens is 158 g/mol. The smallest absolute Gasteiger partial charge is 0.0373 e. The van der Waals surface area contributed by atoms with Crippen molar-refractivity contribution < 1.29 is 0 Å². The molecule has 1 aliphatic rings. The van der Waals surface area contributed by atoms with E-state index in [2.05, 4.69) is 32.9 Å². The lowest BCUT2D eigenvalue weighted by atomic mass is 10.0. The molecule has 1 aromatic rings. The van der Waals surface area contributed by atoms with Gasteiger partial charge in [0.1, 0.15) is 0 Å². The molecule has 1 nitrogen and oxygen atoms in total. The van der Waals surface area contributed by atoms with Crippen molar-refractivity contribution in [3.8, 4) is 0 Å². The Hall–Kier alpha value is -0.980. The maximum Gasteiger partial charge on any atom is 0.0373 e. The number of hydrogen-bond donors (Lipinski definition) is 1. The van der Waals surface area contributed by atoms with E-state index in [1.165, 1.54) is 23.1 Å². The summed E-state index contributed by atoms with van der Waals surface area (Å²) < 4.78 is 0. The molecule has 0 bridgehead atoms. The van der Waals surface area contributed by atoms with Gasteiger partial charge in [0.05, 0.1) is 0 Å². The Kier molecular flexibility index (Phi) is 1.83. The molecule has 0 unspecified atom stereocenters. The van der Waals surface area contributed by atoms with Crippen molar-refractivity contribution in [2.24, 2.45) is 5.92 Å². The summed E-state index contributed by atoms with van der Waals surface area (Å²) >= 11 is 0. The topological polar surface area (TPSA) is 26.0 Å². The molecule has 0 aliphatic heterocycles. The molecule has 0 heterocycles. The molecule has 1 saturated carbocycles. The number of rotatable bonds is 1. The number of nitrogen functional groups attached to an aromatic ring is 1. The third-order valence-corrected chi connectivity index (χ3v) is 3.15. The minimum Gasteiger partial charge on any atom is -0.398 e. The van der Waals surface area contributed by atoms with Gasteiger partial charge in [0.15, 0.2) is 0 Å². The normalized spacial score (nSPS) is 26.1. The molecule has 2 atom stereocenters. The molecule has 0 saturated heterocycles. The summed E-state index contributed by atoms with van der Waals surface area (Å²) in [5.41, 5.74) is 10.8. The second-order valence-corrected chi connectivity index (χ2v) is 4.39. The van der Waals surface area contributed by atoms with E-state index < -0.39 is 0 Å². The lowest BCUT2D eigenvalue weighted by Crippen LogP contribution is -1.95. The van der Waals surface area contributed by atoms with Crippen LogP contribution in [0.4, 0.5) is 5.69 Å². The summed E-state index contributed by atoms with van der Waals surface area (Å²) in [4.78, 5) is 0. The first-order valence-electron chi connectivity index (χ1n) is 4.96. The van der Waals surface area contributed by atoms with Crippen LogP contribution in [0.3, 0.4) is 0 Å². The lowest BCUT2D eigenvalue weighted by Gasteiger charge is -2.08. The van der Waals surface area contributed by atoms with Gasteiger partial charge in [-0.15, -0.1) is 0 Å². The number of nitrogens with two attached hydrogens (primary N) is 1. The van der Waals surface area contributed by atoms with E-state index in [4.69, 9.17) is 5.73 Å². The fourth-order valence-corrected chi connectivity index (χ4v) is 2.01. The Bertz CT molecular complexity index is 318. The predicted octanol–water partition coefficient (Wildman–Crippen LogP) is 3.01. The van der Waals surface area contributed by atoms with E-state index in [-0.39, 0.29) is 0 Å². The van der Waals surface area contributed by atoms with Gasteiger partial charge in [-0.25, -0.2) is 0 Å². The molecule has 70 valence electrons. The Labute approximate surface area is 80.0 Å². The van der Waals surface area contributed by atoms with Crippen LogP contribution in [0.5, 0.6) is 0 Å². The van der Waals surface area contributed by atoms with Gasteiger partial charge in [0, 0.05) is 5.69 Å². The zero-order chi connectivity index (χ0) is 9.59. The summed E-state index contributed by atoms with van der Waals surface area (Å²) in [5.74, 6) is 1.68. The van der Waals surface area contributed by atoms with Gasteiger partial charge in [0.2, 0.25) is 0 Å². The van der Waals surface area contributed by atoms with E-state index in [9.17, 15) is 0 Å². The van der Waals surface area contributed by atoms with Crippen LogP contribution in [-0.4, -0.2) is 0 Å². The molecular formula is C12H17N. The molecule has 0 spiro atoms. The summed E-state index contributed by atoms with van der Waals surface area (Å²) in [6.45, 7) is 6.50. The van der Waals surface area contributed by atoms with Crippen LogP contribution >= 0.6 is 0 Å². The van der Waals surface area contributed by atoms with E-state index in [0.29, 0.717) is 0 Å². The molecule has 13 heavy (non-hydrogen) atoms. The highest BCUT2D eigenvalue weighted by Crippen LogP contribution is 2.47. The molecule has 1 heteroatoms. The quantitative estimate of drug-likeness (QED) is 0.652. The Morgan fingerprint density at radius 1 is 1.23 bits per heavy atom. The van der Waals surface area contributed by atoms with Crippen molar-refractivity contribution in [1.29, 1.82) is 0 Å². The number of anilines is 1.